The van der Waals surface area contributed by atoms with E-state index in [2.05, 4.69) is 11.1 Å². The molecule has 0 unspecified atom stereocenters. The molecule has 1 aromatic heterocycles. The molecule has 3 heterocycles. The van der Waals surface area contributed by atoms with Crippen molar-refractivity contribution < 1.29 is 28.8 Å². The van der Waals surface area contributed by atoms with E-state index in [0.717, 1.165) is 11.3 Å². The van der Waals surface area contributed by atoms with E-state index in [-0.39, 0.29) is 29.3 Å². The summed E-state index contributed by atoms with van der Waals surface area (Å²) < 4.78 is 23.3. The van der Waals surface area contributed by atoms with Crippen molar-refractivity contribution in [2.45, 2.75) is 38.3 Å². The van der Waals surface area contributed by atoms with E-state index in [1.807, 2.05) is 6.92 Å². The molecule has 8 nitrogen and oxygen atoms in total. The van der Waals surface area contributed by atoms with Crippen LogP contribution in [-0.4, -0.2) is 60.3 Å². The monoisotopic (exact) mass is 416 g/mol. The number of nitriles is 1. The summed E-state index contributed by atoms with van der Waals surface area (Å²) in [4.78, 5) is 15.8. The van der Waals surface area contributed by atoms with Gasteiger partial charge in [0.15, 0.2) is 6.10 Å². The average Bonchev–Trinajstić information content (AvgIpc) is 3.39. The third-order valence-corrected chi connectivity index (χ3v) is 6.15. The first kappa shape index (κ1) is 19.8. The number of hydrogen-bond acceptors (Lipinski definition) is 8. The number of rotatable bonds is 6. The first-order chi connectivity index (χ1) is 14.0. The Bertz CT molecular complexity index is 968. The van der Waals surface area contributed by atoms with E-state index in [9.17, 15) is 15.2 Å². The van der Waals surface area contributed by atoms with Gasteiger partial charge in [0.05, 0.1) is 24.5 Å². The van der Waals surface area contributed by atoms with Gasteiger partial charge < -0.3 is 24.1 Å². The summed E-state index contributed by atoms with van der Waals surface area (Å²) in [5, 5.41) is 19.4. The van der Waals surface area contributed by atoms with Crippen LogP contribution in [0.2, 0.25) is 0 Å². The minimum atomic E-state index is -1.01. The van der Waals surface area contributed by atoms with E-state index in [0.29, 0.717) is 47.4 Å². The molecule has 0 aliphatic carbocycles. The van der Waals surface area contributed by atoms with Gasteiger partial charge in [-0.3, -0.25) is 0 Å². The standard InChI is InChI=1S/C20H20N2O6S/c1-3-25-14-8-26-17-15(9-27-16(14)17)28-13-5-4-11(6-12(13)7-21)19-22-10(2)18(29-19)20(23)24/h4-6,14-17H,3,8-9H2,1-2H3,(H,23,24)/t14-,15-,16+,17+/m0/s1. The van der Waals surface area contributed by atoms with Crippen LogP contribution < -0.4 is 4.74 Å². The first-order valence-electron chi connectivity index (χ1n) is 9.28. The number of carbonyl (C=O) groups is 1. The summed E-state index contributed by atoms with van der Waals surface area (Å²) in [6.07, 6.45) is -0.841. The Morgan fingerprint density at radius 3 is 2.72 bits per heavy atom. The number of aromatic carboxylic acids is 1. The quantitative estimate of drug-likeness (QED) is 0.765. The second-order valence-corrected chi connectivity index (χ2v) is 7.81. The van der Waals surface area contributed by atoms with Crippen molar-refractivity contribution in [3.05, 3.63) is 34.3 Å². The predicted molar refractivity (Wildman–Crippen MR) is 103 cm³/mol. The van der Waals surface area contributed by atoms with Crippen molar-refractivity contribution >= 4 is 17.3 Å². The number of fused-ring (bicyclic) bond motifs is 1. The predicted octanol–water partition coefficient (Wildman–Crippen LogP) is 2.64. The summed E-state index contributed by atoms with van der Waals surface area (Å²) in [5.74, 6) is -0.579. The largest absolute Gasteiger partial charge is 0.484 e. The van der Waals surface area contributed by atoms with Crippen LogP contribution in [0.25, 0.3) is 10.6 Å². The summed E-state index contributed by atoms with van der Waals surface area (Å²) >= 11 is 1.08. The summed E-state index contributed by atoms with van der Waals surface area (Å²) in [6, 6.07) is 7.27. The summed E-state index contributed by atoms with van der Waals surface area (Å²) in [6.45, 7) is 4.99. The van der Waals surface area contributed by atoms with Crippen LogP contribution in [0, 0.1) is 18.3 Å². The number of aromatic nitrogens is 1. The Morgan fingerprint density at radius 1 is 1.34 bits per heavy atom. The van der Waals surface area contributed by atoms with Crippen molar-refractivity contribution in [1.82, 2.24) is 4.98 Å². The third-order valence-electron chi connectivity index (χ3n) is 4.96. The van der Waals surface area contributed by atoms with Gasteiger partial charge in [-0.2, -0.15) is 5.26 Å². The first-order valence-corrected chi connectivity index (χ1v) is 10.1. The van der Waals surface area contributed by atoms with Crippen LogP contribution in [0.4, 0.5) is 0 Å². The van der Waals surface area contributed by atoms with Crippen molar-refractivity contribution in [2.24, 2.45) is 0 Å². The zero-order valence-corrected chi connectivity index (χ0v) is 16.8. The van der Waals surface area contributed by atoms with Crippen molar-refractivity contribution in [2.75, 3.05) is 19.8 Å². The van der Waals surface area contributed by atoms with Gasteiger partial charge in [0, 0.05) is 12.2 Å². The molecule has 9 heteroatoms. The summed E-state index contributed by atoms with van der Waals surface area (Å²) in [7, 11) is 0. The molecule has 0 radical (unpaired) electrons. The Balaban J connectivity index is 1.53. The highest BCUT2D eigenvalue weighted by Gasteiger charge is 2.49. The fourth-order valence-electron chi connectivity index (χ4n) is 3.62. The van der Waals surface area contributed by atoms with E-state index in [1.165, 1.54) is 0 Å². The Hall–Kier alpha value is -2.51. The van der Waals surface area contributed by atoms with Gasteiger partial charge in [-0.25, -0.2) is 9.78 Å². The molecule has 4 atom stereocenters. The molecule has 2 aliphatic rings. The second kappa shape index (κ2) is 8.08. The lowest BCUT2D eigenvalue weighted by Gasteiger charge is -2.19. The molecule has 152 valence electrons. The van der Waals surface area contributed by atoms with Gasteiger partial charge >= 0.3 is 5.97 Å². The minimum absolute atomic E-state index is 0.104. The molecule has 0 amide bonds. The lowest BCUT2D eigenvalue weighted by molar-refractivity contribution is -0.0309. The maximum absolute atomic E-state index is 11.3. The van der Waals surface area contributed by atoms with Gasteiger partial charge in [-0.15, -0.1) is 11.3 Å². The minimum Gasteiger partial charge on any atom is -0.484 e. The van der Waals surface area contributed by atoms with Crippen LogP contribution >= 0.6 is 11.3 Å². The Labute approximate surface area is 171 Å². The second-order valence-electron chi connectivity index (χ2n) is 6.81. The molecule has 4 rings (SSSR count). The number of carboxylic acid groups (broad SMARTS) is 1. The van der Waals surface area contributed by atoms with Crippen molar-refractivity contribution in [3.63, 3.8) is 0 Å². The zero-order chi connectivity index (χ0) is 20.5. The SMILES string of the molecule is CCO[C@H]1CO[C@H]2[C@@H]1OC[C@@H]2Oc1ccc(-c2nc(C)c(C(=O)O)s2)cc1C#N. The lowest BCUT2D eigenvalue weighted by atomic mass is 10.1. The molecule has 1 N–H and O–H groups in total. The van der Waals surface area contributed by atoms with Crippen LogP contribution in [0.3, 0.4) is 0 Å². The van der Waals surface area contributed by atoms with E-state index < -0.39 is 5.97 Å². The molecule has 2 aliphatic heterocycles. The van der Waals surface area contributed by atoms with Crippen molar-refractivity contribution in [1.29, 1.82) is 5.26 Å². The van der Waals surface area contributed by atoms with Gasteiger partial charge in [0.2, 0.25) is 0 Å². The van der Waals surface area contributed by atoms with Crippen LogP contribution in [0.1, 0.15) is 27.9 Å². The molecular formula is C20H20N2O6S. The highest BCUT2D eigenvalue weighted by atomic mass is 32.1. The van der Waals surface area contributed by atoms with E-state index in [1.54, 1.807) is 25.1 Å². The van der Waals surface area contributed by atoms with Gasteiger partial charge in [0.25, 0.3) is 0 Å². The third kappa shape index (κ3) is 3.72. The summed E-state index contributed by atoms with van der Waals surface area (Å²) in [5.41, 5.74) is 1.46. The van der Waals surface area contributed by atoms with E-state index in [4.69, 9.17) is 18.9 Å². The number of ether oxygens (including phenoxy) is 4. The fraction of sp³-hybridized carbons (Fsp3) is 0.450. The lowest BCUT2D eigenvalue weighted by Crippen LogP contribution is -2.35. The molecule has 2 aromatic rings. The zero-order valence-electron chi connectivity index (χ0n) is 16.0. The molecular weight excluding hydrogens is 396 g/mol. The number of benzene rings is 1. The van der Waals surface area contributed by atoms with Gasteiger partial charge in [0.1, 0.15) is 40.0 Å². The van der Waals surface area contributed by atoms with Crippen molar-refractivity contribution in [3.8, 4) is 22.4 Å². The Kier molecular flexibility index (Phi) is 5.52. The topological polar surface area (TPSA) is 111 Å². The van der Waals surface area contributed by atoms with Gasteiger partial charge in [-0.05, 0) is 32.0 Å². The molecule has 0 spiro atoms. The number of carboxylic acids is 1. The smallest absolute Gasteiger partial charge is 0.347 e. The number of hydrogen-bond donors (Lipinski definition) is 1. The molecule has 29 heavy (non-hydrogen) atoms. The highest BCUT2D eigenvalue weighted by Crippen LogP contribution is 2.35. The molecule has 2 fully saturated rings. The highest BCUT2D eigenvalue weighted by molar-refractivity contribution is 7.17. The molecule has 0 saturated carbocycles. The molecule has 0 bridgehead atoms. The number of nitrogens with zero attached hydrogens (tertiary/aromatic N) is 2. The number of thiazole rings is 1. The fourth-order valence-corrected chi connectivity index (χ4v) is 4.52. The van der Waals surface area contributed by atoms with Crippen LogP contribution in [0.5, 0.6) is 5.75 Å². The molecule has 1 aromatic carbocycles. The van der Waals surface area contributed by atoms with Crippen LogP contribution in [-0.2, 0) is 14.2 Å². The normalized spacial score (nSPS) is 25.6. The molecule has 2 saturated heterocycles. The maximum Gasteiger partial charge on any atom is 0.347 e. The average molecular weight is 416 g/mol. The van der Waals surface area contributed by atoms with Crippen LogP contribution in [0.15, 0.2) is 18.2 Å². The Morgan fingerprint density at radius 2 is 2.07 bits per heavy atom. The number of aryl methyl sites for hydroxylation is 1. The maximum atomic E-state index is 11.3. The van der Waals surface area contributed by atoms with Gasteiger partial charge in [-0.1, -0.05) is 0 Å². The van der Waals surface area contributed by atoms with E-state index >= 15 is 0 Å².